The highest BCUT2D eigenvalue weighted by molar-refractivity contribution is 6.34. The van der Waals surface area contributed by atoms with Gasteiger partial charge >= 0.3 is 0 Å². The van der Waals surface area contributed by atoms with Crippen molar-refractivity contribution in [3.8, 4) is 0 Å². The summed E-state index contributed by atoms with van der Waals surface area (Å²) in [5.74, 6) is 0.193. The molecule has 4 nitrogen and oxygen atoms in total. The van der Waals surface area contributed by atoms with Gasteiger partial charge in [-0.3, -0.25) is 4.79 Å². The summed E-state index contributed by atoms with van der Waals surface area (Å²) in [5.41, 5.74) is 1.34. The summed E-state index contributed by atoms with van der Waals surface area (Å²) in [6.07, 6.45) is 2.23. The number of benzene rings is 1. The molecule has 108 valence electrons. The van der Waals surface area contributed by atoms with E-state index in [9.17, 15) is 4.79 Å². The molecule has 3 rings (SSSR count). The van der Waals surface area contributed by atoms with E-state index in [4.69, 9.17) is 23.2 Å². The van der Waals surface area contributed by atoms with Crippen molar-refractivity contribution >= 4 is 29.1 Å². The number of halogens is 2. The van der Waals surface area contributed by atoms with Crippen molar-refractivity contribution in [3.63, 3.8) is 0 Å². The van der Waals surface area contributed by atoms with E-state index in [2.05, 4.69) is 15.5 Å². The van der Waals surface area contributed by atoms with Crippen LogP contribution >= 0.6 is 23.2 Å². The first-order valence-corrected chi connectivity index (χ1v) is 7.45. The highest BCUT2D eigenvalue weighted by atomic mass is 35.5. The minimum atomic E-state index is -0.280. The summed E-state index contributed by atoms with van der Waals surface area (Å²) in [7, 11) is 0. The molecule has 1 aromatic carbocycles. The van der Waals surface area contributed by atoms with Crippen molar-refractivity contribution < 1.29 is 4.79 Å². The second-order valence-corrected chi connectivity index (χ2v) is 5.82. The molecule has 0 bridgehead atoms. The van der Waals surface area contributed by atoms with E-state index in [0.717, 1.165) is 18.4 Å². The van der Waals surface area contributed by atoms with E-state index in [1.54, 1.807) is 0 Å². The van der Waals surface area contributed by atoms with Gasteiger partial charge in [0.1, 0.15) is 0 Å². The van der Waals surface area contributed by atoms with Crippen molar-refractivity contribution in [2.75, 3.05) is 0 Å². The predicted molar refractivity (Wildman–Crippen MR) is 81.4 cm³/mol. The molecule has 1 aliphatic rings. The third-order valence-electron chi connectivity index (χ3n) is 3.50. The number of carbonyl (C=O) groups excluding carboxylic acids is 1. The smallest absolute Gasteiger partial charge is 0.255 e. The van der Waals surface area contributed by atoms with Crippen LogP contribution in [0.4, 0.5) is 0 Å². The predicted octanol–water partition coefficient (Wildman–Crippen LogP) is 3.66. The van der Waals surface area contributed by atoms with Crippen molar-refractivity contribution in [3.05, 3.63) is 57.8 Å². The summed E-state index contributed by atoms with van der Waals surface area (Å²) in [5, 5.41) is 10.5. The number of carbonyl (C=O) groups is 1. The van der Waals surface area contributed by atoms with Crippen molar-refractivity contribution in [1.82, 2.24) is 15.5 Å². The van der Waals surface area contributed by atoms with Crippen molar-refractivity contribution in [2.24, 2.45) is 5.92 Å². The van der Waals surface area contributed by atoms with Gasteiger partial charge in [0, 0.05) is 0 Å². The molecule has 2 aromatic rings. The van der Waals surface area contributed by atoms with Gasteiger partial charge in [-0.15, -0.1) is 10.2 Å². The molecule has 0 radical (unpaired) electrons. The van der Waals surface area contributed by atoms with Crippen LogP contribution in [0, 0.1) is 5.92 Å². The van der Waals surface area contributed by atoms with Gasteiger partial charge in [0.25, 0.3) is 5.91 Å². The molecule has 1 amide bonds. The maximum Gasteiger partial charge on any atom is 0.255 e. The first kappa shape index (κ1) is 14.3. The van der Waals surface area contributed by atoms with Crippen LogP contribution in [-0.2, 0) is 0 Å². The first-order valence-electron chi connectivity index (χ1n) is 6.69. The number of nitrogens with zero attached hydrogens (tertiary/aromatic N) is 2. The fourth-order valence-electron chi connectivity index (χ4n) is 2.29. The Labute approximate surface area is 132 Å². The molecule has 1 N–H and O–H groups in total. The minimum absolute atomic E-state index is 0.0123. The molecular formula is C15H13Cl2N3O. The van der Waals surface area contributed by atoms with Gasteiger partial charge in [0.2, 0.25) is 0 Å². The van der Waals surface area contributed by atoms with Gasteiger partial charge in [-0.05, 0) is 30.4 Å². The van der Waals surface area contributed by atoms with Crippen molar-refractivity contribution in [1.29, 1.82) is 0 Å². The maximum absolute atomic E-state index is 12.4. The fraction of sp³-hybridized carbons (Fsp3) is 0.267. The van der Waals surface area contributed by atoms with E-state index < -0.39 is 0 Å². The van der Waals surface area contributed by atoms with E-state index in [-0.39, 0.29) is 27.8 Å². The number of hydrogen-bond acceptors (Lipinski definition) is 3. The average Bonchev–Trinajstić information content (AvgIpc) is 3.32. The van der Waals surface area contributed by atoms with Gasteiger partial charge in [-0.2, -0.15) is 0 Å². The highest BCUT2D eigenvalue weighted by Crippen LogP contribution is 2.41. The van der Waals surface area contributed by atoms with Crippen LogP contribution in [0.25, 0.3) is 0 Å². The molecule has 1 saturated carbocycles. The largest absolute Gasteiger partial charge is 0.345 e. The number of amides is 1. The molecular weight excluding hydrogens is 309 g/mol. The zero-order chi connectivity index (χ0) is 14.8. The number of aromatic nitrogens is 2. The number of nitrogens with one attached hydrogen (secondary N) is 1. The Morgan fingerprint density at radius 2 is 1.90 bits per heavy atom. The van der Waals surface area contributed by atoms with E-state index in [0.29, 0.717) is 5.92 Å². The zero-order valence-corrected chi connectivity index (χ0v) is 12.6. The Morgan fingerprint density at radius 1 is 1.19 bits per heavy atom. The van der Waals surface area contributed by atoms with E-state index >= 15 is 0 Å². The Hall–Kier alpha value is -1.65. The molecule has 1 aliphatic carbocycles. The third-order valence-corrected chi connectivity index (χ3v) is 3.97. The Kier molecular flexibility index (Phi) is 4.08. The maximum atomic E-state index is 12.4. The monoisotopic (exact) mass is 321 g/mol. The van der Waals surface area contributed by atoms with Crippen molar-refractivity contribution in [2.45, 2.75) is 18.9 Å². The molecule has 1 unspecified atom stereocenters. The molecule has 0 saturated heterocycles. The molecule has 6 heteroatoms. The molecule has 0 spiro atoms. The third kappa shape index (κ3) is 3.34. The Morgan fingerprint density at radius 3 is 2.57 bits per heavy atom. The summed E-state index contributed by atoms with van der Waals surface area (Å²) in [6.45, 7) is 0. The van der Waals surface area contributed by atoms with E-state index in [1.165, 1.54) is 6.07 Å². The van der Waals surface area contributed by atoms with Crippen LogP contribution in [0.3, 0.4) is 0 Å². The van der Waals surface area contributed by atoms with Crippen LogP contribution < -0.4 is 5.32 Å². The van der Waals surface area contributed by atoms with Gasteiger partial charge in [-0.25, -0.2) is 0 Å². The van der Waals surface area contributed by atoms with Crippen LogP contribution in [0.5, 0.6) is 0 Å². The molecule has 0 aliphatic heterocycles. The lowest BCUT2D eigenvalue weighted by Gasteiger charge is -2.19. The van der Waals surface area contributed by atoms with Crippen LogP contribution in [0.1, 0.15) is 34.8 Å². The second-order valence-electron chi connectivity index (χ2n) is 5.07. The van der Waals surface area contributed by atoms with Crippen LogP contribution in [0.2, 0.25) is 10.3 Å². The van der Waals surface area contributed by atoms with Crippen LogP contribution in [0.15, 0.2) is 36.4 Å². The molecule has 1 atom stereocenters. The van der Waals surface area contributed by atoms with Gasteiger partial charge in [0.05, 0.1) is 11.6 Å². The number of rotatable bonds is 4. The minimum Gasteiger partial charge on any atom is -0.345 e. The SMILES string of the molecule is O=C(NC(c1ccccc1)C1CC1)c1cc(Cl)nnc1Cl. The summed E-state index contributed by atoms with van der Waals surface area (Å²) < 4.78 is 0. The molecule has 1 heterocycles. The molecule has 21 heavy (non-hydrogen) atoms. The summed E-state index contributed by atoms with van der Waals surface area (Å²) in [4.78, 5) is 12.4. The lowest BCUT2D eigenvalue weighted by atomic mass is 10.0. The fourth-order valence-corrected chi connectivity index (χ4v) is 2.62. The van der Waals surface area contributed by atoms with E-state index in [1.807, 2.05) is 30.3 Å². The second kappa shape index (κ2) is 6.00. The van der Waals surface area contributed by atoms with Gasteiger partial charge < -0.3 is 5.32 Å². The average molecular weight is 322 g/mol. The summed E-state index contributed by atoms with van der Waals surface area (Å²) >= 11 is 11.7. The zero-order valence-electron chi connectivity index (χ0n) is 11.1. The molecule has 1 aromatic heterocycles. The topological polar surface area (TPSA) is 54.9 Å². The quantitative estimate of drug-likeness (QED) is 0.934. The van der Waals surface area contributed by atoms with Crippen LogP contribution in [-0.4, -0.2) is 16.1 Å². The van der Waals surface area contributed by atoms with Gasteiger partial charge in [0.15, 0.2) is 10.3 Å². The van der Waals surface area contributed by atoms with Gasteiger partial charge in [-0.1, -0.05) is 53.5 Å². The Balaban J connectivity index is 1.83. The lowest BCUT2D eigenvalue weighted by molar-refractivity contribution is 0.0931. The highest BCUT2D eigenvalue weighted by Gasteiger charge is 2.33. The summed E-state index contributed by atoms with van der Waals surface area (Å²) in [6, 6.07) is 11.3. The lowest BCUT2D eigenvalue weighted by Crippen LogP contribution is -2.30. The first-order chi connectivity index (χ1) is 10.1. The molecule has 1 fully saturated rings. The normalized spacial score (nSPS) is 15.5. The standard InChI is InChI=1S/C15H13Cl2N3O/c16-12-8-11(14(17)20-19-12)15(21)18-13(10-6-7-10)9-4-2-1-3-5-9/h1-5,8,10,13H,6-7H2,(H,18,21). The number of hydrogen-bond donors (Lipinski definition) is 1. The Bertz CT molecular complexity index is 659.